The smallest absolute Gasteiger partial charge is 0.224 e. The van der Waals surface area contributed by atoms with Crippen LogP contribution in [-0.4, -0.2) is 90.0 Å². The molecule has 2 aromatic heterocycles. The quantitative estimate of drug-likeness (QED) is 0.0790. The van der Waals surface area contributed by atoms with E-state index in [0.717, 1.165) is 0 Å². The molecule has 254 valence electrons. The maximum atomic E-state index is 13.1. The molecule has 2 heterocycles. The number of carbonyl (C=O) groups excluding carboxylic acids is 2. The van der Waals surface area contributed by atoms with Crippen molar-refractivity contribution in [2.24, 2.45) is 0 Å². The summed E-state index contributed by atoms with van der Waals surface area (Å²) in [6.45, 7) is -1.29. The fourth-order valence-corrected chi connectivity index (χ4v) is 5.23. The molecule has 0 spiro atoms. The van der Waals surface area contributed by atoms with E-state index in [2.05, 4.69) is 25.9 Å². The molecule has 13 heteroatoms. The van der Waals surface area contributed by atoms with Gasteiger partial charge in [-0.15, -0.1) is 0 Å². The first-order valence-electron chi connectivity index (χ1n) is 15.5. The van der Waals surface area contributed by atoms with Crippen LogP contribution in [0.4, 0.5) is 11.5 Å². The summed E-state index contributed by atoms with van der Waals surface area (Å²) in [7, 11) is 0. The molecular weight excluding hydrogens is 618 g/mol. The maximum Gasteiger partial charge on any atom is 0.224 e. The molecule has 9 N–H and O–H groups in total. The zero-order valence-corrected chi connectivity index (χ0v) is 26.1. The average molecular weight is 660 g/mol. The second-order valence-corrected chi connectivity index (χ2v) is 11.2. The third kappa shape index (κ3) is 9.87. The Kier molecular flexibility index (Phi) is 13.5. The predicted octanol–water partition coefficient (Wildman–Crippen LogP) is 1.42. The highest BCUT2D eigenvalue weighted by atomic mass is 16.4. The summed E-state index contributed by atoms with van der Waals surface area (Å²) in [5.74, 6) is -1.20. The lowest BCUT2D eigenvalue weighted by atomic mass is 9.82. The zero-order valence-electron chi connectivity index (χ0n) is 26.1. The van der Waals surface area contributed by atoms with Gasteiger partial charge in [0.2, 0.25) is 11.8 Å². The van der Waals surface area contributed by atoms with Gasteiger partial charge in [-0.2, -0.15) is 0 Å². The van der Waals surface area contributed by atoms with Crippen molar-refractivity contribution in [2.45, 2.75) is 55.3 Å². The Morgan fingerprint density at radius 2 is 1.31 bits per heavy atom. The van der Waals surface area contributed by atoms with E-state index in [1.807, 2.05) is 60.7 Å². The van der Waals surface area contributed by atoms with Gasteiger partial charge in [0.1, 0.15) is 24.1 Å². The molecule has 13 nitrogen and oxygen atoms in total. The molecule has 0 aliphatic heterocycles. The van der Waals surface area contributed by atoms with Crippen LogP contribution in [-0.2, 0) is 9.59 Å². The number of nitrogens with one attached hydrogen (secondary N) is 3. The minimum Gasteiger partial charge on any atom is -0.394 e. The third-order valence-corrected chi connectivity index (χ3v) is 7.82. The number of aromatic nitrogens is 2. The number of nitrogens with zero attached hydrogens (tertiary/aromatic N) is 2. The molecule has 0 saturated carbocycles. The van der Waals surface area contributed by atoms with E-state index in [4.69, 9.17) is 5.11 Å². The summed E-state index contributed by atoms with van der Waals surface area (Å²) in [6.07, 6.45) is -5.15. The Labute approximate surface area is 278 Å². The number of anilines is 2. The van der Waals surface area contributed by atoms with Crippen LogP contribution < -0.4 is 16.0 Å². The molecule has 4 rings (SSSR count). The van der Waals surface area contributed by atoms with Crippen molar-refractivity contribution in [1.29, 1.82) is 0 Å². The maximum absolute atomic E-state index is 13.1. The first kappa shape index (κ1) is 36.1. The van der Waals surface area contributed by atoms with Crippen molar-refractivity contribution in [3.8, 4) is 0 Å². The van der Waals surface area contributed by atoms with E-state index in [-0.39, 0.29) is 12.8 Å². The zero-order chi connectivity index (χ0) is 34.5. The van der Waals surface area contributed by atoms with E-state index >= 15 is 0 Å². The number of rotatable bonds is 17. The van der Waals surface area contributed by atoms with Gasteiger partial charge in [0.25, 0.3) is 0 Å². The van der Waals surface area contributed by atoms with Crippen LogP contribution in [0.1, 0.15) is 47.7 Å². The van der Waals surface area contributed by atoms with Gasteiger partial charge in [0.05, 0.1) is 30.8 Å². The van der Waals surface area contributed by atoms with E-state index in [1.54, 1.807) is 42.7 Å². The molecule has 0 bridgehead atoms. The Morgan fingerprint density at radius 3 is 1.98 bits per heavy atom. The highest BCUT2D eigenvalue weighted by molar-refractivity contribution is 5.94. The molecule has 2 aromatic carbocycles. The van der Waals surface area contributed by atoms with Crippen molar-refractivity contribution >= 4 is 23.3 Å². The second-order valence-electron chi connectivity index (χ2n) is 11.2. The van der Waals surface area contributed by atoms with Gasteiger partial charge in [0, 0.05) is 43.2 Å². The topological polar surface area (TPSA) is 217 Å². The van der Waals surface area contributed by atoms with Crippen LogP contribution in [0.5, 0.6) is 0 Å². The normalized spacial score (nSPS) is 15.6. The van der Waals surface area contributed by atoms with Crippen molar-refractivity contribution in [3.63, 3.8) is 0 Å². The first-order valence-corrected chi connectivity index (χ1v) is 15.5. The van der Waals surface area contributed by atoms with E-state index in [0.29, 0.717) is 28.3 Å². The van der Waals surface area contributed by atoms with Crippen LogP contribution in [0.2, 0.25) is 0 Å². The largest absolute Gasteiger partial charge is 0.394 e. The van der Waals surface area contributed by atoms with Crippen molar-refractivity contribution in [2.75, 3.05) is 23.8 Å². The fourth-order valence-electron chi connectivity index (χ4n) is 5.23. The van der Waals surface area contributed by atoms with Crippen molar-refractivity contribution < 1.29 is 40.2 Å². The number of carbonyl (C=O) groups is 2. The number of pyridine rings is 2. The lowest BCUT2D eigenvalue weighted by molar-refractivity contribution is -0.127. The molecule has 0 fully saturated rings. The van der Waals surface area contributed by atoms with Crippen LogP contribution in [0, 0.1) is 0 Å². The van der Waals surface area contributed by atoms with E-state index < -0.39 is 67.4 Å². The van der Waals surface area contributed by atoms with Crippen LogP contribution >= 0.6 is 0 Å². The summed E-state index contributed by atoms with van der Waals surface area (Å²) in [5.41, 5.74) is 2.34. The van der Waals surface area contributed by atoms with Gasteiger partial charge in [-0.25, -0.2) is 4.98 Å². The van der Waals surface area contributed by atoms with E-state index in [1.165, 1.54) is 0 Å². The lowest BCUT2D eigenvalue weighted by Crippen LogP contribution is -2.49. The molecule has 48 heavy (non-hydrogen) atoms. The molecule has 2 amide bonds. The summed E-state index contributed by atoms with van der Waals surface area (Å²) < 4.78 is 0. The molecule has 0 radical (unpaired) electrons. The minimum atomic E-state index is -1.82. The van der Waals surface area contributed by atoms with Crippen LogP contribution in [0.15, 0.2) is 103 Å². The first-order chi connectivity index (χ1) is 23.2. The van der Waals surface area contributed by atoms with Crippen LogP contribution in [0.3, 0.4) is 0 Å². The molecule has 0 saturated heterocycles. The molecular formula is C35H41N5O8. The molecule has 7 unspecified atom stereocenters. The summed E-state index contributed by atoms with van der Waals surface area (Å²) in [4.78, 5) is 34.6. The Bertz CT molecular complexity index is 1570. The fraction of sp³-hybridized carbons (Fsp3) is 0.314. The SMILES string of the molecule is O=C(CCC(=O)Nc1ccccc1C(Nc1ccccn1)C(c1ccccn1)C(O)c1ccccc1)NCC(O)C(O)C(O)C(O)CO. The Morgan fingerprint density at radius 1 is 0.688 bits per heavy atom. The van der Waals surface area contributed by atoms with Gasteiger partial charge in [0.15, 0.2) is 0 Å². The number of benzene rings is 2. The van der Waals surface area contributed by atoms with Gasteiger partial charge in [-0.1, -0.05) is 60.7 Å². The van der Waals surface area contributed by atoms with Gasteiger partial charge in [-0.05, 0) is 41.5 Å². The number of hydrogen-bond donors (Lipinski definition) is 9. The second kappa shape index (κ2) is 18.0. The van der Waals surface area contributed by atoms with Crippen molar-refractivity contribution in [3.05, 3.63) is 120 Å². The molecule has 0 aliphatic carbocycles. The average Bonchev–Trinajstić information content (AvgIpc) is 3.13. The summed E-state index contributed by atoms with van der Waals surface area (Å²) in [5, 5.41) is 68.7. The highest BCUT2D eigenvalue weighted by Crippen LogP contribution is 2.43. The number of para-hydroxylation sites is 1. The van der Waals surface area contributed by atoms with E-state index in [9.17, 15) is 35.1 Å². The van der Waals surface area contributed by atoms with Gasteiger partial charge in [-0.3, -0.25) is 14.6 Å². The van der Waals surface area contributed by atoms with Crippen LogP contribution in [0.25, 0.3) is 0 Å². The number of amides is 2. The molecule has 4 aromatic rings. The third-order valence-electron chi connectivity index (χ3n) is 7.82. The predicted molar refractivity (Wildman–Crippen MR) is 177 cm³/mol. The number of aliphatic hydroxyl groups excluding tert-OH is 6. The van der Waals surface area contributed by atoms with Crippen molar-refractivity contribution in [1.82, 2.24) is 15.3 Å². The summed E-state index contributed by atoms with van der Waals surface area (Å²) >= 11 is 0. The highest BCUT2D eigenvalue weighted by Gasteiger charge is 2.35. The number of aliphatic hydroxyl groups is 6. The van der Waals surface area contributed by atoms with Gasteiger partial charge < -0.3 is 46.6 Å². The Balaban J connectivity index is 1.53. The number of hydrogen-bond acceptors (Lipinski definition) is 11. The minimum absolute atomic E-state index is 0.223. The monoisotopic (exact) mass is 659 g/mol. The lowest BCUT2D eigenvalue weighted by Gasteiger charge is -2.33. The van der Waals surface area contributed by atoms with Gasteiger partial charge >= 0.3 is 0 Å². The summed E-state index contributed by atoms with van der Waals surface area (Å²) in [6, 6.07) is 26.5. The Hall–Kier alpha value is -4.76. The standard InChI is InChI=1S/C35H41N5O8/c41-21-27(43)35(48)34(47)26(42)20-38-29(44)16-17-30(45)39-24-13-5-4-12-23(24)32(40-28-15-7-9-19-37-28)31(25-14-6-8-18-36-25)33(46)22-10-2-1-3-11-22/h1-15,18-19,26-27,31-35,41-43,46-48H,16-17,20-21H2,(H,37,40)(H,38,44)(H,39,45). The molecule has 0 aliphatic rings. The molecule has 7 atom stereocenters.